The Morgan fingerprint density at radius 3 is 2.60 bits per heavy atom. The SMILES string of the molecule is CC(C)c1ccc([C@@H]2Nc3c(cccc3[N+](=O)[O-])[C@H]3C=CC[C@@H]32)cc1. The molecule has 0 radical (unpaired) electrons. The molecular weight excluding hydrogens is 312 g/mol. The van der Waals surface area contributed by atoms with E-state index in [0.29, 0.717) is 17.5 Å². The molecule has 3 atom stereocenters. The highest BCUT2D eigenvalue weighted by atomic mass is 16.6. The van der Waals surface area contributed by atoms with Gasteiger partial charge in [0.2, 0.25) is 0 Å². The molecule has 0 fully saturated rings. The normalized spacial score (nSPS) is 23.9. The molecule has 128 valence electrons. The number of nitro groups is 1. The zero-order valence-electron chi connectivity index (χ0n) is 14.5. The number of anilines is 1. The Morgan fingerprint density at radius 2 is 1.92 bits per heavy atom. The zero-order chi connectivity index (χ0) is 17.6. The van der Waals surface area contributed by atoms with E-state index in [0.717, 1.165) is 12.0 Å². The predicted molar refractivity (Wildman–Crippen MR) is 100.0 cm³/mol. The van der Waals surface area contributed by atoms with Crippen LogP contribution < -0.4 is 5.32 Å². The van der Waals surface area contributed by atoms with Crippen LogP contribution in [0.1, 0.15) is 54.8 Å². The molecule has 4 nitrogen and oxygen atoms in total. The van der Waals surface area contributed by atoms with E-state index in [-0.39, 0.29) is 22.6 Å². The average molecular weight is 334 g/mol. The molecule has 4 rings (SSSR count). The van der Waals surface area contributed by atoms with E-state index in [1.165, 1.54) is 11.1 Å². The number of nitrogens with one attached hydrogen (secondary N) is 1. The van der Waals surface area contributed by atoms with E-state index < -0.39 is 0 Å². The smallest absolute Gasteiger partial charge is 0.292 e. The summed E-state index contributed by atoms with van der Waals surface area (Å²) in [5.41, 5.74) is 4.40. The van der Waals surface area contributed by atoms with Crippen LogP contribution in [0.25, 0.3) is 0 Å². The standard InChI is InChI=1S/C21H22N2O2/c1-13(2)14-9-11-15(12-10-14)20-17-6-3-5-16(17)18-7-4-8-19(23(24)25)21(18)22-20/h3-5,7-13,16-17,20,22H,6H2,1-2H3/t16-,17-,20-/m0/s1. The second-order valence-electron chi connectivity index (χ2n) is 7.30. The van der Waals surface area contributed by atoms with Crippen molar-refractivity contribution in [2.24, 2.45) is 5.92 Å². The molecule has 1 aliphatic heterocycles. The number of fused-ring (bicyclic) bond motifs is 3. The van der Waals surface area contributed by atoms with E-state index in [2.05, 4.69) is 55.6 Å². The molecule has 2 aliphatic rings. The summed E-state index contributed by atoms with van der Waals surface area (Å²) >= 11 is 0. The van der Waals surface area contributed by atoms with Gasteiger partial charge in [0.15, 0.2) is 0 Å². The molecular formula is C21H22N2O2. The summed E-state index contributed by atoms with van der Waals surface area (Å²) in [6.07, 6.45) is 5.42. The molecule has 4 heteroatoms. The Morgan fingerprint density at radius 1 is 1.16 bits per heavy atom. The molecule has 0 aromatic heterocycles. The number of para-hydroxylation sites is 1. The van der Waals surface area contributed by atoms with E-state index in [9.17, 15) is 10.1 Å². The van der Waals surface area contributed by atoms with Gasteiger partial charge in [-0.05, 0) is 34.9 Å². The molecule has 25 heavy (non-hydrogen) atoms. The fourth-order valence-electron chi connectivity index (χ4n) is 4.18. The molecule has 0 unspecified atom stereocenters. The zero-order valence-corrected chi connectivity index (χ0v) is 14.5. The number of hydrogen-bond acceptors (Lipinski definition) is 3. The van der Waals surface area contributed by atoms with Gasteiger partial charge >= 0.3 is 0 Å². The summed E-state index contributed by atoms with van der Waals surface area (Å²) in [5.74, 6) is 1.14. The molecule has 0 bridgehead atoms. The first kappa shape index (κ1) is 15.9. The van der Waals surface area contributed by atoms with Gasteiger partial charge in [0, 0.05) is 12.0 Å². The van der Waals surface area contributed by atoms with E-state index >= 15 is 0 Å². The molecule has 1 N–H and O–H groups in total. The Kier molecular flexibility index (Phi) is 3.83. The van der Waals surface area contributed by atoms with Crippen LogP contribution in [0.5, 0.6) is 0 Å². The van der Waals surface area contributed by atoms with Gasteiger partial charge in [0.25, 0.3) is 5.69 Å². The van der Waals surface area contributed by atoms with Crippen molar-refractivity contribution < 1.29 is 4.92 Å². The first-order valence-corrected chi connectivity index (χ1v) is 8.86. The third-order valence-corrected chi connectivity index (χ3v) is 5.53. The Labute approximate surface area is 147 Å². The van der Waals surface area contributed by atoms with Crippen molar-refractivity contribution in [1.29, 1.82) is 0 Å². The van der Waals surface area contributed by atoms with Crippen molar-refractivity contribution in [1.82, 2.24) is 0 Å². The lowest BCUT2D eigenvalue weighted by Gasteiger charge is -2.37. The fourth-order valence-corrected chi connectivity index (χ4v) is 4.18. The topological polar surface area (TPSA) is 55.2 Å². The highest BCUT2D eigenvalue weighted by Crippen LogP contribution is 2.51. The number of rotatable bonds is 3. The summed E-state index contributed by atoms with van der Waals surface area (Å²) in [7, 11) is 0. The number of allylic oxidation sites excluding steroid dienone is 2. The van der Waals surface area contributed by atoms with Crippen LogP contribution in [-0.4, -0.2) is 4.92 Å². The minimum Gasteiger partial charge on any atom is -0.372 e. The monoisotopic (exact) mass is 334 g/mol. The molecule has 0 spiro atoms. The quantitative estimate of drug-likeness (QED) is 0.455. The first-order valence-electron chi connectivity index (χ1n) is 8.86. The number of benzene rings is 2. The Hall–Kier alpha value is -2.62. The van der Waals surface area contributed by atoms with Crippen molar-refractivity contribution in [3.05, 3.63) is 81.4 Å². The molecule has 2 aromatic rings. The van der Waals surface area contributed by atoms with Gasteiger partial charge in [0.1, 0.15) is 5.69 Å². The maximum atomic E-state index is 11.5. The fraction of sp³-hybridized carbons (Fsp3) is 0.333. The van der Waals surface area contributed by atoms with Crippen LogP contribution in [0.15, 0.2) is 54.6 Å². The predicted octanol–water partition coefficient (Wildman–Crippen LogP) is 5.54. The number of nitrogens with zero attached hydrogens (tertiary/aromatic N) is 1. The maximum Gasteiger partial charge on any atom is 0.292 e. The van der Waals surface area contributed by atoms with Crippen molar-refractivity contribution in [3.63, 3.8) is 0 Å². The van der Waals surface area contributed by atoms with Crippen molar-refractivity contribution >= 4 is 11.4 Å². The van der Waals surface area contributed by atoms with Crippen LogP contribution in [-0.2, 0) is 0 Å². The summed E-state index contributed by atoms with van der Waals surface area (Å²) in [6.45, 7) is 4.37. The molecule has 0 saturated carbocycles. The van der Waals surface area contributed by atoms with Crippen LogP contribution in [0.3, 0.4) is 0 Å². The van der Waals surface area contributed by atoms with E-state index in [1.807, 2.05) is 6.07 Å². The van der Waals surface area contributed by atoms with Crippen LogP contribution in [0.2, 0.25) is 0 Å². The second kappa shape index (κ2) is 6.03. The summed E-state index contributed by atoms with van der Waals surface area (Å²) in [5, 5.41) is 15.0. The van der Waals surface area contributed by atoms with Gasteiger partial charge in [-0.15, -0.1) is 0 Å². The lowest BCUT2D eigenvalue weighted by molar-refractivity contribution is -0.384. The molecule has 1 heterocycles. The molecule has 1 aliphatic carbocycles. The van der Waals surface area contributed by atoms with Gasteiger partial charge in [-0.3, -0.25) is 10.1 Å². The van der Waals surface area contributed by atoms with Crippen molar-refractivity contribution in [2.45, 2.75) is 38.1 Å². The van der Waals surface area contributed by atoms with Crippen LogP contribution >= 0.6 is 0 Å². The molecule has 2 aromatic carbocycles. The third-order valence-electron chi connectivity index (χ3n) is 5.53. The van der Waals surface area contributed by atoms with Gasteiger partial charge in [-0.1, -0.05) is 62.4 Å². The first-order chi connectivity index (χ1) is 12.1. The summed E-state index contributed by atoms with van der Waals surface area (Å²) in [6, 6.07) is 14.2. The van der Waals surface area contributed by atoms with Crippen LogP contribution in [0.4, 0.5) is 11.4 Å². The van der Waals surface area contributed by atoms with E-state index in [1.54, 1.807) is 12.1 Å². The largest absolute Gasteiger partial charge is 0.372 e. The Bertz CT molecular complexity index is 839. The minimum absolute atomic E-state index is 0.0924. The van der Waals surface area contributed by atoms with Crippen molar-refractivity contribution in [2.75, 3.05) is 5.32 Å². The minimum atomic E-state index is -0.288. The second-order valence-corrected chi connectivity index (χ2v) is 7.30. The van der Waals surface area contributed by atoms with Gasteiger partial charge in [0.05, 0.1) is 11.0 Å². The van der Waals surface area contributed by atoms with Gasteiger partial charge < -0.3 is 5.32 Å². The molecule has 0 saturated heterocycles. The lowest BCUT2D eigenvalue weighted by Crippen LogP contribution is -2.29. The molecule has 0 amide bonds. The Balaban J connectivity index is 1.77. The van der Waals surface area contributed by atoms with Gasteiger partial charge in [-0.25, -0.2) is 0 Å². The maximum absolute atomic E-state index is 11.5. The number of nitro benzene ring substituents is 1. The average Bonchev–Trinajstić information content (AvgIpc) is 3.10. The summed E-state index contributed by atoms with van der Waals surface area (Å²) < 4.78 is 0. The highest BCUT2D eigenvalue weighted by molar-refractivity contribution is 5.71. The lowest BCUT2D eigenvalue weighted by atomic mass is 9.76. The van der Waals surface area contributed by atoms with Gasteiger partial charge in [-0.2, -0.15) is 0 Å². The highest BCUT2D eigenvalue weighted by Gasteiger charge is 2.40. The van der Waals surface area contributed by atoms with Crippen LogP contribution in [0, 0.1) is 16.0 Å². The van der Waals surface area contributed by atoms with E-state index in [4.69, 9.17) is 0 Å². The third kappa shape index (κ3) is 2.62. The summed E-state index contributed by atoms with van der Waals surface area (Å²) in [4.78, 5) is 11.2. The number of hydrogen-bond donors (Lipinski definition) is 1. The van der Waals surface area contributed by atoms with Crippen molar-refractivity contribution in [3.8, 4) is 0 Å².